The summed E-state index contributed by atoms with van der Waals surface area (Å²) in [7, 11) is 0. The Morgan fingerprint density at radius 1 is 1.04 bits per heavy atom. The standard InChI is InChI=1S/C20H18ClNOS/c1-14(15-7-3-2-4-8-15)22-19(23)13-24-18-12-6-10-16-9-5-11-17(21)20(16)18/h2-12,14H,13H2,1H3,(H,22,23)/t14-/m0/s1. The number of amides is 1. The van der Waals surface area contributed by atoms with E-state index in [2.05, 4.69) is 5.32 Å². The molecule has 3 rings (SSSR count). The quantitative estimate of drug-likeness (QED) is 0.615. The number of nitrogens with one attached hydrogen (secondary N) is 1. The third kappa shape index (κ3) is 3.92. The predicted molar refractivity (Wildman–Crippen MR) is 103 cm³/mol. The molecular formula is C20H18ClNOS. The van der Waals surface area contributed by atoms with Crippen molar-refractivity contribution in [3.8, 4) is 0 Å². The Hall–Kier alpha value is -1.97. The van der Waals surface area contributed by atoms with E-state index < -0.39 is 0 Å². The second-order valence-electron chi connectivity index (χ2n) is 5.58. The van der Waals surface area contributed by atoms with E-state index in [0.29, 0.717) is 10.8 Å². The lowest BCUT2D eigenvalue weighted by molar-refractivity contribution is -0.119. The highest BCUT2D eigenvalue weighted by Gasteiger charge is 2.11. The van der Waals surface area contributed by atoms with Gasteiger partial charge in [-0.3, -0.25) is 4.79 Å². The van der Waals surface area contributed by atoms with Crippen molar-refractivity contribution < 1.29 is 4.79 Å². The molecule has 0 aliphatic carbocycles. The van der Waals surface area contributed by atoms with Gasteiger partial charge in [0.15, 0.2) is 0 Å². The molecule has 3 aromatic carbocycles. The van der Waals surface area contributed by atoms with E-state index in [0.717, 1.165) is 21.2 Å². The van der Waals surface area contributed by atoms with E-state index in [1.165, 1.54) is 11.8 Å². The minimum atomic E-state index is -0.00425. The van der Waals surface area contributed by atoms with Crippen LogP contribution in [0.5, 0.6) is 0 Å². The fourth-order valence-corrected chi connectivity index (χ4v) is 3.89. The zero-order valence-corrected chi connectivity index (χ0v) is 14.9. The van der Waals surface area contributed by atoms with Gasteiger partial charge in [0.2, 0.25) is 5.91 Å². The molecular weight excluding hydrogens is 338 g/mol. The monoisotopic (exact) mass is 355 g/mol. The van der Waals surface area contributed by atoms with E-state index in [9.17, 15) is 4.79 Å². The van der Waals surface area contributed by atoms with Crippen LogP contribution in [0.2, 0.25) is 5.02 Å². The first-order chi connectivity index (χ1) is 11.6. The number of hydrogen-bond donors (Lipinski definition) is 1. The van der Waals surface area contributed by atoms with E-state index in [1.807, 2.05) is 73.7 Å². The lowest BCUT2D eigenvalue weighted by Gasteiger charge is -2.14. The molecule has 0 aromatic heterocycles. The molecule has 0 aliphatic heterocycles. The first-order valence-electron chi connectivity index (χ1n) is 7.79. The van der Waals surface area contributed by atoms with Crippen molar-refractivity contribution in [2.45, 2.75) is 17.9 Å². The van der Waals surface area contributed by atoms with E-state index in [4.69, 9.17) is 11.6 Å². The number of rotatable bonds is 5. The van der Waals surface area contributed by atoms with Crippen LogP contribution in [0, 0.1) is 0 Å². The molecule has 1 N–H and O–H groups in total. The molecule has 2 nitrogen and oxygen atoms in total. The maximum absolute atomic E-state index is 12.3. The highest BCUT2D eigenvalue weighted by Crippen LogP contribution is 2.33. The summed E-state index contributed by atoms with van der Waals surface area (Å²) < 4.78 is 0. The van der Waals surface area contributed by atoms with Crippen LogP contribution in [0.3, 0.4) is 0 Å². The van der Waals surface area contributed by atoms with Gasteiger partial charge in [0.05, 0.1) is 11.8 Å². The number of benzene rings is 3. The first-order valence-corrected chi connectivity index (χ1v) is 9.16. The van der Waals surface area contributed by atoms with Gasteiger partial charge in [0.1, 0.15) is 0 Å². The van der Waals surface area contributed by atoms with Gasteiger partial charge < -0.3 is 5.32 Å². The molecule has 0 saturated carbocycles. The van der Waals surface area contributed by atoms with E-state index in [-0.39, 0.29) is 11.9 Å². The van der Waals surface area contributed by atoms with Crippen LogP contribution < -0.4 is 5.32 Å². The number of hydrogen-bond acceptors (Lipinski definition) is 2. The highest BCUT2D eigenvalue weighted by atomic mass is 35.5. The number of thioether (sulfide) groups is 1. The SMILES string of the molecule is C[C@H](NC(=O)CSc1cccc2cccc(Cl)c12)c1ccccc1. The average Bonchev–Trinajstić information content (AvgIpc) is 2.61. The summed E-state index contributed by atoms with van der Waals surface area (Å²) in [6, 6.07) is 21.8. The fraction of sp³-hybridized carbons (Fsp3) is 0.150. The number of halogens is 1. The molecule has 0 radical (unpaired) electrons. The van der Waals surface area contributed by atoms with Crippen LogP contribution in [-0.2, 0) is 4.79 Å². The Balaban J connectivity index is 1.67. The van der Waals surface area contributed by atoms with Gasteiger partial charge in [-0.1, -0.05) is 66.2 Å². The predicted octanol–water partition coefficient (Wildman–Crippen LogP) is 5.46. The topological polar surface area (TPSA) is 29.1 Å². The Morgan fingerprint density at radius 2 is 1.75 bits per heavy atom. The van der Waals surface area contributed by atoms with E-state index >= 15 is 0 Å². The largest absolute Gasteiger partial charge is 0.349 e. The maximum Gasteiger partial charge on any atom is 0.230 e. The third-order valence-electron chi connectivity index (χ3n) is 3.85. The zero-order valence-electron chi connectivity index (χ0n) is 13.3. The summed E-state index contributed by atoms with van der Waals surface area (Å²) in [5, 5.41) is 5.85. The van der Waals surface area contributed by atoms with Crippen molar-refractivity contribution in [2.24, 2.45) is 0 Å². The minimum absolute atomic E-state index is 0.00425. The van der Waals surface area contributed by atoms with Crippen molar-refractivity contribution in [3.05, 3.63) is 77.3 Å². The molecule has 0 saturated heterocycles. The van der Waals surface area contributed by atoms with Gasteiger partial charge in [-0.15, -0.1) is 11.8 Å². The fourth-order valence-electron chi connectivity index (χ4n) is 2.63. The summed E-state index contributed by atoms with van der Waals surface area (Å²) >= 11 is 7.84. The molecule has 0 spiro atoms. The molecule has 0 fully saturated rings. The van der Waals surface area contributed by atoms with Crippen LogP contribution in [0.4, 0.5) is 0 Å². The molecule has 122 valence electrons. The molecule has 24 heavy (non-hydrogen) atoms. The van der Waals surface area contributed by atoms with Gasteiger partial charge in [-0.25, -0.2) is 0 Å². The van der Waals surface area contributed by atoms with Crippen LogP contribution in [0.1, 0.15) is 18.5 Å². The second-order valence-corrected chi connectivity index (χ2v) is 7.01. The van der Waals surface area contributed by atoms with Gasteiger partial charge in [-0.2, -0.15) is 0 Å². The maximum atomic E-state index is 12.3. The van der Waals surface area contributed by atoms with Gasteiger partial charge >= 0.3 is 0 Å². The Labute approximate surface area is 151 Å². The molecule has 0 unspecified atom stereocenters. The van der Waals surface area contributed by atoms with Crippen LogP contribution in [0.25, 0.3) is 10.8 Å². The van der Waals surface area contributed by atoms with Gasteiger partial charge in [0, 0.05) is 15.3 Å². The smallest absolute Gasteiger partial charge is 0.230 e. The van der Waals surface area contributed by atoms with Crippen molar-refractivity contribution >= 4 is 40.0 Å². The van der Waals surface area contributed by atoms with Crippen LogP contribution >= 0.6 is 23.4 Å². The Kier molecular flexibility index (Phi) is 5.44. The van der Waals surface area contributed by atoms with E-state index in [1.54, 1.807) is 0 Å². The van der Waals surface area contributed by atoms with Crippen molar-refractivity contribution in [1.29, 1.82) is 0 Å². The minimum Gasteiger partial charge on any atom is -0.349 e. The van der Waals surface area contributed by atoms with Crippen molar-refractivity contribution in [3.63, 3.8) is 0 Å². The zero-order chi connectivity index (χ0) is 16.9. The third-order valence-corrected chi connectivity index (χ3v) is 5.22. The second kappa shape index (κ2) is 7.73. The highest BCUT2D eigenvalue weighted by molar-refractivity contribution is 8.00. The van der Waals surface area contributed by atoms with Gasteiger partial charge in [-0.05, 0) is 30.0 Å². The first kappa shape index (κ1) is 16.9. The van der Waals surface area contributed by atoms with Crippen molar-refractivity contribution in [2.75, 3.05) is 5.75 Å². The summed E-state index contributed by atoms with van der Waals surface area (Å²) in [6.07, 6.45) is 0. The van der Waals surface area contributed by atoms with Crippen LogP contribution in [-0.4, -0.2) is 11.7 Å². The molecule has 3 aromatic rings. The van der Waals surface area contributed by atoms with Crippen molar-refractivity contribution in [1.82, 2.24) is 5.32 Å². The molecule has 1 atom stereocenters. The molecule has 1 amide bonds. The summed E-state index contributed by atoms with van der Waals surface area (Å²) in [5.41, 5.74) is 1.10. The molecule has 0 bridgehead atoms. The molecule has 4 heteroatoms. The average molecular weight is 356 g/mol. The summed E-state index contributed by atoms with van der Waals surface area (Å²) in [6.45, 7) is 1.99. The number of fused-ring (bicyclic) bond motifs is 1. The Bertz CT molecular complexity index is 845. The molecule has 0 heterocycles. The lowest BCUT2D eigenvalue weighted by atomic mass is 10.1. The van der Waals surface area contributed by atoms with Gasteiger partial charge in [0.25, 0.3) is 0 Å². The van der Waals surface area contributed by atoms with Crippen LogP contribution in [0.15, 0.2) is 71.6 Å². The number of carbonyl (C=O) groups is 1. The lowest BCUT2D eigenvalue weighted by Crippen LogP contribution is -2.28. The summed E-state index contributed by atoms with van der Waals surface area (Å²) in [4.78, 5) is 13.3. The normalized spacial score (nSPS) is 12.1. The Morgan fingerprint density at radius 3 is 2.50 bits per heavy atom. The molecule has 0 aliphatic rings. The summed E-state index contributed by atoms with van der Waals surface area (Å²) in [5.74, 6) is 0.377. The number of carbonyl (C=O) groups excluding carboxylic acids is 1.